The zero-order chi connectivity index (χ0) is 27.1. The summed E-state index contributed by atoms with van der Waals surface area (Å²) in [6.07, 6.45) is 3.16. The molecule has 0 N–H and O–H groups in total. The van der Waals surface area contributed by atoms with Crippen molar-refractivity contribution in [2.75, 3.05) is 0 Å². The van der Waals surface area contributed by atoms with Crippen molar-refractivity contribution in [3.8, 4) is 33.9 Å². The second-order valence-electron chi connectivity index (χ2n) is 12.4. The molecule has 5 aromatic carbocycles. The number of aryl methyl sites for hydroxylation is 3. The molecule has 1 aromatic heterocycles. The minimum Gasteiger partial charge on any atom is -0.455 e. The fraction of sp³-hybridized carbons (Fsp3) is 0.216. The van der Waals surface area contributed by atoms with Crippen LogP contribution in [0.1, 0.15) is 37.5 Å². The molecule has 0 amide bonds. The molecular formula is C37H34NO+. The van der Waals surface area contributed by atoms with Crippen molar-refractivity contribution in [2.24, 2.45) is 12.5 Å². The van der Waals surface area contributed by atoms with Crippen LogP contribution in [-0.2, 0) is 13.5 Å². The second-order valence-corrected chi connectivity index (χ2v) is 12.4. The lowest BCUT2D eigenvalue weighted by molar-refractivity contribution is -0.659. The summed E-state index contributed by atoms with van der Waals surface area (Å²) < 4.78 is 9.33. The molecule has 1 aliphatic rings. The largest absolute Gasteiger partial charge is 0.455 e. The summed E-state index contributed by atoms with van der Waals surface area (Å²) in [4.78, 5) is 0. The topological polar surface area (TPSA) is 13.1 Å². The van der Waals surface area contributed by atoms with Gasteiger partial charge in [-0.2, -0.15) is 0 Å². The highest BCUT2D eigenvalue weighted by Crippen LogP contribution is 2.53. The maximum absolute atomic E-state index is 7.04. The zero-order valence-electron chi connectivity index (χ0n) is 23.6. The van der Waals surface area contributed by atoms with Crippen LogP contribution in [0.5, 0.6) is 11.5 Å². The summed E-state index contributed by atoms with van der Waals surface area (Å²) in [5.41, 5.74) is 8.94. The molecule has 1 aliphatic heterocycles. The highest BCUT2D eigenvalue weighted by atomic mass is 16.5. The molecule has 0 saturated heterocycles. The average Bonchev–Trinajstić information content (AvgIpc) is 2.91. The monoisotopic (exact) mass is 508 g/mol. The van der Waals surface area contributed by atoms with Crippen molar-refractivity contribution in [1.82, 2.24) is 0 Å². The Labute approximate surface area is 230 Å². The molecule has 2 heteroatoms. The van der Waals surface area contributed by atoms with E-state index in [4.69, 9.17) is 4.74 Å². The molecule has 0 aliphatic carbocycles. The summed E-state index contributed by atoms with van der Waals surface area (Å²) in [5, 5.41) is 7.54. The molecule has 0 unspecified atom stereocenters. The molecule has 0 bridgehead atoms. The molecule has 0 fully saturated rings. The smallest absolute Gasteiger partial charge is 0.228 e. The van der Waals surface area contributed by atoms with Gasteiger partial charge in [-0.15, -0.1) is 0 Å². The lowest BCUT2D eigenvalue weighted by Crippen LogP contribution is -2.32. The molecule has 6 aromatic rings. The van der Waals surface area contributed by atoms with Crippen molar-refractivity contribution >= 4 is 32.3 Å². The molecule has 39 heavy (non-hydrogen) atoms. The van der Waals surface area contributed by atoms with Crippen molar-refractivity contribution in [1.29, 1.82) is 0 Å². The van der Waals surface area contributed by atoms with Gasteiger partial charge in [-0.05, 0) is 70.0 Å². The normalized spacial score (nSPS) is 12.7. The number of hydrogen-bond donors (Lipinski definition) is 0. The Morgan fingerprint density at radius 1 is 0.769 bits per heavy atom. The zero-order valence-corrected chi connectivity index (χ0v) is 23.6. The summed E-state index contributed by atoms with van der Waals surface area (Å²) in [5.74, 6) is 1.97. The molecule has 0 saturated carbocycles. The number of nitrogens with zero attached hydrogens (tertiary/aromatic N) is 1. The van der Waals surface area contributed by atoms with E-state index in [1.165, 1.54) is 71.4 Å². The predicted molar refractivity (Wildman–Crippen MR) is 164 cm³/mol. The van der Waals surface area contributed by atoms with Crippen LogP contribution in [0.15, 0.2) is 85.1 Å². The highest BCUT2D eigenvalue weighted by Gasteiger charge is 2.34. The van der Waals surface area contributed by atoms with E-state index >= 15 is 0 Å². The Morgan fingerprint density at radius 2 is 1.56 bits per heavy atom. The Bertz CT molecular complexity index is 1960. The van der Waals surface area contributed by atoms with Crippen LogP contribution in [0.3, 0.4) is 0 Å². The summed E-state index contributed by atoms with van der Waals surface area (Å²) in [6.45, 7) is 11.4. The third-order valence-electron chi connectivity index (χ3n) is 8.24. The predicted octanol–water partition coefficient (Wildman–Crippen LogP) is 9.62. The Balaban J connectivity index is 1.65. The molecule has 2 heterocycles. The van der Waals surface area contributed by atoms with Gasteiger partial charge in [0.2, 0.25) is 5.69 Å². The fourth-order valence-electron chi connectivity index (χ4n) is 6.57. The molecule has 0 radical (unpaired) electrons. The summed E-state index contributed by atoms with van der Waals surface area (Å²) >= 11 is 0. The third-order valence-corrected chi connectivity index (χ3v) is 8.24. The first-order valence-corrected chi connectivity index (χ1v) is 13.9. The third kappa shape index (κ3) is 3.66. The average molecular weight is 509 g/mol. The molecule has 2 nitrogen and oxygen atoms in total. The van der Waals surface area contributed by atoms with E-state index in [0.29, 0.717) is 0 Å². The van der Waals surface area contributed by atoms with Crippen LogP contribution in [-0.4, -0.2) is 0 Å². The summed E-state index contributed by atoms with van der Waals surface area (Å²) in [7, 11) is 2.17. The highest BCUT2D eigenvalue weighted by molar-refractivity contribution is 6.20. The van der Waals surface area contributed by atoms with Crippen molar-refractivity contribution in [3.63, 3.8) is 0 Å². The number of fused-ring (bicyclic) bond motifs is 5. The molecule has 0 spiro atoms. The van der Waals surface area contributed by atoms with Gasteiger partial charge in [-0.1, -0.05) is 93.1 Å². The number of pyridine rings is 1. The van der Waals surface area contributed by atoms with Crippen LogP contribution >= 0.6 is 0 Å². The van der Waals surface area contributed by atoms with Crippen molar-refractivity contribution in [2.45, 2.75) is 41.0 Å². The molecule has 0 atom stereocenters. The van der Waals surface area contributed by atoms with E-state index < -0.39 is 0 Å². The Morgan fingerprint density at radius 3 is 2.33 bits per heavy atom. The van der Waals surface area contributed by atoms with E-state index in [0.717, 1.165) is 17.9 Å². The summed E-state index contributed by atoms with van der Waals surface area (Å²) in [6, 6.07) is 28.7. The molecular weight excluding hydrogens is 474 g/mol. The van der Waals surface area contributed by atoms with Gasteiger partial charge in [0.05, 0.1) is 10.9 Å². The van der Waals surface area contributed by atoms with Crippen LogP contribution in [0.25, 0.3) is 54.7 Å². The minimum atomic E-state index is 0.118. The number of ether oxygens (including phenoxy) is 1. The first kappa shape index (κ1) is 23.9. The molecule has 192 valence electrons. The van der Waals surface area contributed by atoms with Gasteiger partial charge >= 0.3 is 0 Å². The van der Waals surface area contributed by atoms with Gasteiger partial charge < -0.3 is 4.74 Å². The van der Waals surface area contributed by atoms with E-state index in [1.54, 1.807) is 0 Å². The van der Waals surface area contributed by atoms with Gasteiger partial charge in [0.25, 0.3) is 0 Å². The van der Waals surface area contributed by atoms with E-state index in [2.05, 4.69) is 131 Å². The van der Waals surface area contributed by atoms with Crippen LogP contribution in [0.4, 0.5) is 0 Å². The second kappa shape index (κ2) is 8.41. The number of rotatable bonds is 2. The quantitative estimate of drug-likeness (QED) is 0.167. The van der Waals surface area contributed by atoms with E-state index in [1.807, 2.05) is 0 Å². The van der Waals surface area contributed by atoms with Crippen molar-refractivity contribution < 1.29 is 9.30 Å². The first-order valence-electron chi connectivity index (χ1n) is 13.9. The number of benzene rings is 5. The maximum Gasteiger partial charge on any atom is 0.228 e. The maximum atomic E-state index is 7.04. The van der Waals surface area contributed by atoms with E-state index in [-0.39, 0.29) is 5.41 Å². The van der Waals surface area contributed by atoms with Gasteiger partial charge in [-0.25, -0.2) is 4.57 Å². The van der Waals surface area contributed by atoms with Crippen LogP contribution < -0.4 is 9.30 Å². The standard InChI is InChI=1S/C37H34NO/c1-22-15-16-27-29(19-22)23(2)32-35-34-28(17-18-38(35)6)33-25(13-10-14-26(33)24-11-8-7-9-12-24)20-31(34)39-36(32)30(27)21-37(3,4)5/h7-20H,21H2,1-6H3/q+1. The van der Waals surface area contributed by atoms with E-state index in [9.17, 15) is 0 Å². The van der Waals surface area contributed by atoms with Crippen molar-refractivity contribution in [3.05, 3.63) is 102 Å². The van der Waals surface area contributed by atoms with Crippen LogP contribution in [0, 0.1) is 19.3 Å². The first-order chi connectivity index (χ1) is 18.7. The lowest BCUT2D eigenvalue weighted by Gasteiger charge is -2.28. The van der Waals surface area contributed by atoms with Gasteiger partial charge in [0.15, 0.2) is 6.20 Å². The van der Waals surface area contributed by atoms with Gasteiger partial charge in [-0.3, -0.25) is 0 Å². The Kier molecular flexibility index (Phi) is 5.16. The number of aromatic nitrogens is 1. The SMILES string of the molecule is Cc1ccc2c(CC(C)(C)C)c3c(c(C)c2c1)-c1c2c(cc4cccc(-c5ccccc5)c4c2cc[n+]1C)O3. The van der Waals surface area contributed by atoms with Gasteiger partial charge in [0.1, 0.15) is 18.5 Å². The Hall–Kier alpha value is -4.17. The number of hydrogen-bond acceptors (Lipinski definition) is 1. The van der Waals surface area contributed by atoms with Gasteiger partial charge in [0, 0.05) is 17.0 Å². The van der Waals surface area contributed by atoms with Crippen LogP contribution in [0.2, 0.25) is 0 Å². The minimum absolute atomic E-state index is 0.118. The fourth-order valence-corrected chi connectivity index (χ4v) is 6.57. The lowest BCUT2D eigenvalue weighted by atomic mass is 9.81. The molecule has 7 rings (SSSR count).